The van der Waals surface area contributed by atoms with Crippen molar-refractivity contribution in [3.63, 3.8) is 0 Å². The van der Waals surface area contributed by atoms with Crippen LogP contribution in [0.1, 0.15) is 0 Å². The minimum absolute atomic E-state index is 0.624. The standard InChI is InChI=1S/C55H35N5/c1-3-14-36(15-4-1)40-20-13-21-42(34-40)55-57-53(38-17-5-2-6-18-38)56-54(58-55)39-27-29-43(30-28-39)59-49-25-12-10-23-47(49)51-50(59)33-32-46-45-22-9-11-24-48(45)60(52(46)51)44-31-26-37-16-7-8-19-41(37)35-44/h1-35H. The van der Waals surface area contributed by atoms with E-state index in [9.17, 15) is 0 Å². The average molecular weight is 766 g/mol. The fraction of sp³-hybridized carbons (Fsp3) is 0. The van der Waals surface area contributed by atoms with Gasteiger partial charge in [-0.15, -0.1) is 0 Å². The lowest BCUT2D eigenvalue weighted by molar-refractivity contribution is 1.07. The van der Waals surface area contributed by atoms with Gasteiger partial charge in [0.2, 0.25) is 0 Å². The average Bonchev–Trinajstić information content (AvgIpc) is 3.85. The number of para-hydroxylation sites is 2. The SMILES string of the molecule is c1ccc(-c2cccc(-c3nc(-c4ccccc4)nc(-c4ccc(-n5c6ccccc6c6c5ccc5c7ccccc7n(-c7ccc8ccccc8c7)c56)cc4)n3)c2)cc1. The Balaban J connectivity index is 1.03. The molecule has 3 aromatic heterocycles. The summed E-state index contributed by atoms with van der Waals surface area (Å²) in [5.74, 6) is 1.89. The summed E-state index contributed by atoms with van der Waals surface area (Å²) < 4.78 is 4.84. The van der Waals surface area contributed by atoms with Crippen LogP contribution in [0.3, 0.4) is 0 Å². The van der Waals surface area contributed by atoms with Crippen LogP contribution in [0.25, 0.3) is 111 Å². The Bertz CT molecular complexity index is 3580. The van der Waals surface area contributed by atoms with Gasteiger partial charge in [0.05, 0.1) is 22.1 Å². The van der Waals surface area contributed by atoms with Crippen LogP contribution in [0.5, 0.6) is 0 Å². The van der Waals surface area contributed by atoms with Crippen molar-refractivity contribution in [2.45, 2.75) is 0 Å². The third-order valence-electron chi connectivity index (χ3n) is 11.7. The Labute approximate surface area is 346 Å². The first-order valence-corrected chi connectivity index (χ1v) is 20.3. The number of benzene rings is 9. The Morgan fingerprint density at radius 1 is 0.283 bits per heavy atom. The van der Waals surface area contributed by atoms with Crippen molar-refractivity contribution in [1.29, 1.82) is 0 Å². The molecule has 12 rings (SSSR count). The number of nitrogens with zero attached hydrogens (tertiary/aromatic N) is 5. The molecule has 0 bridgehead atoms. The molecule has 0 saturated heterocycles. The summed E-state index contributed by atoms with van der Waals surface area (Å²) in [6.45, 7) is 0. The molecule has 5 nitrogen and oxygen atoms in total. The van der Waals surface area contributed by atoms with Crippen LogP contribution in [-0.2, 0) is 0 Å². The molecular formula is C55H35N5. The van der Waals surface area contributed by atoms with E-state index in [0.29, 0.717) is 17.5 Å². The Kier molecular flexibility index (Phi) is 7.78. The second kappa shape index (κ2) is 13.8. The second-order valence-corrected chi connectivity index (χ2v) is 15.3. The van der Waals surface area contributed by atoms with E-state index in [0.717, 1.165) is 50.2 Å². The Morgan fingerprint density at radius 3 is 1.58 bits per heavy atom. The molecule has 0 saturated carbocycles. The molecular weight excluding hydrogens is 731 g/mol. The van der Waals surface area contributed by atoms with Crippen LogP contribution in [0.2, 0.25) is 0 Å². The van der Waals surface area contributed by atoms with Gasteiger partial charge in [-0.05, 0) is 82.6 Å². The van der Waals surface area contributed by atoms with Crippen LogP contribution in [0.15, 0.2) is 212 Å². The van der Waals surface area contributed by atoms with Crippen molar-refractivity contribution in [2.24, 2.45) is 0 Å². The summed E-state index contributed by atoms with van der Waals surface area (Å²) in [7, 11) is 0. The van der Waals surface area contributed by atoms with Crippen LogP contribution in [0, 0.1) is 0 Å². The van der Waals surface area contributed by atoms with E-state index in [4.69, 9.17) is 15.0 Å². The molecule has 0 N–H and O–H groups in total. The first-order chi connectivity index (χ1) is 29.7. The number of hydrogen-bond acceptors (Lipinski definition) is 3. The van der Waals surface area contributed by atoms with E-state index in [2.05, 4.69) is 185 Å². The summed E-state index contributed by atoms with van der Waals surface area (Å²) >= 11 is 0. The maximum absolute atomic E-state index is 5.11. The quantitative estimate of drug-likeness (QED) is 0.169. The topological polar surface area (TPSA) is 48.5 Å². The van der Waals surface area contributed by atoms with Gasteiger partial charge in [0.1, 0.15) is 0 Å². The maximum atomic E-state index is 5.11. The molecule has 280 valence electrons. The molecule has 0 radical (unpaired) electrons. The largest absolute Gasteiger partial charge is 0.309 e. The van der Waals surface area contributed by atoms with Crippen LogP contribution in [-0.4, -0.2) is 24.1 Å². The van der Waals surface area contributed by atoms with Crippen molar-refractivity contribution in [3.05, 3.63) is 212 Å². The number of aromatic nitrogens is 5. The maximum Gasteiger partial charge on any atom is 0.164 e. The summed E-state index contributed by atoms with van der Waals surface area (Å²) in [5, 5.41) is 7.36. The van der Waals surface area contributed by atoms with Gasteiger partial charge in [-0.25, -0.2) is 15.0 Å². The van der Waals surface area contributed by atoms with Crippen molar-refractivity contribution in [2.75, 3.05) is 0 Å². The first kappa shape index (κ1) is 33.9. The fourth-order valence-electron chi connectivity index (χ4n) is 8.95. The molecule has 0 aliphatic rings. The molecule has 60 heavy (non-hydrogen) atoms. The lowest BCUT2D eigenvalue weighted by Gasteiger charge is -2.12. The number of fused-ring (bicyclic) bond motifs is 8. The lowest BCUT2D eigenvalue weighted by Crippen LogP contribution is -2.00. The molecule has 0 spiro atoms. The van der Waals surface area contributed by atoms with Gasteiger partial charge < -0.3 is 9.13 Å². The zero-order valence-corrected chi connectivity index (χ0v) is 32.4. The Hall–Kier alpha value is -8.15. The van der Waals surface area contributed by atoms with Crippen molar-refractivity contribution in [3.8, 4) is 56.7 Å². The smallest absolute Gasteiger partial charge is 0.164 e. The van der Waals surface area contributed by atoms with Gasteiger partial charge in [-0.1, -0.05) is 152 Å². The van der Waals surface area contributed by atoms with Gasteiger partial charge in [0, 0.05) is 49.6 Å². The molecule has 0 aliphatic heterocycles. The molecule has 5 heteroatoms. The summed E-state index contributed by atoms with van der Waals surface area (Å²) in [6, 6.07) is 75.1. The predicted molar refractivity (Wildman–Crippen MR) is 248 cm³/mol. The van der Waals surface area contributed by atoms with Gasteiger partial charge >= 0.3 is 0 Å². The minimum Gasteiger partial charge on any atom is -0.309 e. The second-order valence-electron chi connectivity index (χ2n) is 15.3. The van der Waals surface area contributed by atoms with E-state index < -0.39 is 0 Å². The van der Waals surface area contributed by atoms with E-state index in [-0.39, 0.29) is 0 Å². The molecule has 0 unspecified atom stereocenters. The van der Waals surface area contributed by atoms with Gasteiger partial charge in [-0.3, -0.25) is 0 Å². The molecule has 12 aromatic rings. The van der Waals surface area contributed by atoms with Crippen molar-refractivity contribution < 1.29 is 0 Å². The fourth-order valence-corrected chi connectivity index (χ4v) is 8.95. The predicted octanol–water partition coefficient (Wildman–Crippen LogP) is 13.9. The molecule has 0 atom stereocenters. The highest BCUT2D eigenvalue weighted by Gasteiger charge is 2.21. The summed E-state index contributed by atoms with van der Waals surface area (Å²) in [5.41, 5.74) is 11.9. The highest BCUT2D eigenvalue weighted by Crippen LogP contribution is 2.42. The molecule has 9 aromatic carbocycles. The van der Waals surface area contributed by atoms with Gasteiger partial charge in [0.25, 0.3) is 0 Å². The summed E-state index contributed by atoms with van der Waals surface area (Å²) in [4.78, 5) is 15.2. The molecule has 0 amide bonds. The van der Waals surface area contributed by atoms with Gasteiger partial charge in [-0.2, -0.15) is 0 Å². The first-order valence-electron chi connectivity index (χ1n) is 20.3. The third kappa shape index (κ3) is 5.52. The number of rotatable bonds is 6. The lowest BCUT2D eigenvalue weighted by atomic mass is 10.0. The zero-order valence-electron chi connectivity index (χ0n) is 32.4. The monoisotopic (exact) mass is 765 g/mol. The number of hydrogen-bond donors (Lipinski definition) is 0. The van der Waals surface area contributed by atoms with Crippen LogP contribution < -0.4 is 0 Å². The van der Waals surface area contributed by atoms with Crippen molar-refractivity contribution >= 4 is 54.4 Å². The van der Waals surface area contributed by atoms with Gasteiger partial charge in [0.15, 0.2) is 17.5 Å². The van der Waals surface area contributed by atoms with E-state index in [1.54, 1.807) is 0 Å². The third-order valence-corrected chi connectivity index (χ3v) is 11.7. The highest BCUT2D eigenvalue weighted by molar-refractivity contribution is 6.26. The van der Waals surface area contributed by atoms with Crippen LogP contribution >= 0.6 is 0 Å². The minimum atomic E-state index is 0.624. The molecule has 0 fully saturated rings. The zero-order chi connectivity index (χ0) is 39.6. The van der Waals surface area contributed by atoms with E-state index in [1.165, 1.54) is 43.4 Å². The normalized spacial score (nSPS) is 11.7. The Morgan fingerprint density at radius 2 is 0.833 bits per heavy atom. The molecule has 3 heterocycles. The van der Waals surface area contributed by atoms with Crippen LogP contribution in [0.4, 0.5) is 0 Å². The van der Waals surface area contributed by atoms with Crippen molar-refractivity contribution in [1.82, 2.24) is 24.1 Å². The van der Waals surface area contributed by atoms with E-state index in [1.807, 2.05) is 36.4 Å². The summed E-state index contributed by atoms with van der Waals surface area (Å²) in [6.07, 6.45) is 0. The van der Waals surface area contributed by atoms with E-state index >= 15 is 0 Å². The highest BCUT2D eigenvalue weighted by atomic mass is 15.0. The molecule has 0 aliphatic carbocycles.